The third-order valence-electron chi connectivity index (χ3n) is 3.32. The van der Waals surface area contributed by atoms with Crippen molar-refractivity contribution < 1.29 is 12.8 Å². The number of hydrogen-bond donors (Lipinski definition) is 1. The number of anilines is 1. The van der Waals surface area contributed by atoms with E-state index in [-0.39, 0.29) is 17.5 Å². The summed E-state index contributed by atoms with van der Waals surface area (Å²) in [5, 5.41) is 4.37. The Morgan fingerprint density at radius 3 is 2.84 bits per heavy atom. The molecule has 0 aromatic carbocycles. The number of nitrogen functional groups attached to an aromatic ring is 1. The normalized spacial score (nSPS) is 21.8. The SMILES string of the molecule is Cc1ccc(-c2nn(C3CCS(=O)(=O)C3)cc2N)o1. The Labute approximate surface area is 111 Å². The Hall–Kier alpha value is -1.76. The average Bonchev–Trinajstić information content (AvgIpc) is 2.98. The van der Waals surface area contributed by atoms with Gasteiger partial charge in [-0.2, -0.15) is 5.10 Å². The van der Waals surface area contributed by atoms with Crippen LogP contribution >= 0.6 is 0 Å². The third kappa shape index (κ3) is 2.25. The zero-order valence-corrected chi connectivity index (χ0v) is 11.4. The predicted molar refractivity (Wildman–Crippen MR) is 71.4 cm³/mol. The summed E-state index contributed by atoms with van der Waals surface area (Å²) < 4.78 is 30.1. The molecule has 0 radical (unpaired) electrons. The summed E-state index contributed by atoms with van der Waals surface area (Å²) >= 11 is 0. The molecule has 102 valence electrons. The van der Waals surface area contributed by atoms with Gasteiger partial charge >= 0.3 is 0 Å². The molecule has 6 nitrogen and oxygen atoms in total. The van der Waals surface area contributed by atoms with Crippen molar-refractivity contribution in [2.45, 2.75) is 19.4 Å². The lowest BCUT2D eigenvalue weighted by molar-refractivity contribution is 0.496. The number of aryl methyl sites for hydroxylation is 1. The molecular formula is C12H15N3O3S. The summed E-state index contributed by atoms with van der Waals surface area (Å²) in [6.07, 6.45) is 2.26. The molecule has 3 heterocycles. The summed E-state index contributed by atoms with van der Waals surface area (Å²) in [5.41, 5.74) is 6.99. The van der Waals surface area contributed by atoms with E-state index in [0.29, 0.717) is 23.6 Å². The van der Waals surface area contributed by atoms with Gasteiger partial charge in [-0.15, -0.1) is 0 Å². The molecule has 2 aromatic rings. The van der Waals surface area contributed by atoms with Gasteiger partial charge in [0.2, 0.25) is 0 Å². The van der Waals surface area contributed by atoms with Gasteiger partial charge in [0, 0.05) is 6.20 Å². The van der Waals surface area contributed by atoms with Crippen LogP contribution in [-0.4, -0.2) is 29.7 Å². The van der Waals surface area contributed by atoms with Crippen LogP contribution in [0.1, 0.15) is 18.2 Å². The molecule has 1 aliphatic rings. The maximum atomic E-state index is 11.5. The number of nitrogens with zero attached hydrogens (tertiary/aromatic N) is 2. The van der Waals surface area contributed by atoms with Crippen LogP contribution in [0.4, 0.5) is 5.69 Å². The molecule has 0 bridgehead atoms. The van der Waals surface area contributed by atoms with Gasteiger partial charge < -0.3 is 10.2 Å². The molecule has 1 aliphatic heterocycles. The summed E-state index contributed by atoms with van der Waals surface area (Å²) in [4.78, 5) is 0. The zero-order chi connectivity index (χ0) is 13.6. The molecular weight excluding hydrogens is 266 g/mol. The van der Waals surface area contributed by atoms with Crippen molar-refractivity contribution in [3.63, 3.8) is 0 Å². The lowest BCUT2D eigenvalue weighted by atomic mass is 10.3. The molecule has 3 rings (SSSR count). The van der Waals surface area contributed by atoms with E-state index < -0.39 is 9.84 Å². The van der Waals surface area contributed by atoms with Crippen LogP contribution < -0.4 is 5.73 Å². The summed E-state index contributed by atoms with van der Waals surface area (Å²) in [5.74, 6) is 1.74. The van der Waals surface area contributed by atoms with Crippen LogP contribution in [-0.2, 0) is 9.84 Å². The highest BCUT2D eigenvalue weighted by molar-refractivity contribution is 7.91. The van der Waals surface area contributed by atoms with E-state index >= 15 is 0 Å². The molecule has 0 saturated carbocycles. The molecule has 1 saturated heterocycles. The van der Waals surface area contributed by atoms with Crippen LogP contribution in [0, 0.1) is 6.92 Å². The van der Waals surface area contributed by atoms with Crippen LogP contribution in [0.15, 0.2) is 22.7 Å². The zero-order valence-electron chi connectivity index (χ0n) is 10.5. The monoisotopic (exact) mass is 281 g/mol. The highest BCUT2D eigenvalue weighted by Crippen LogP contribution is 2.30. The highest BCUT2D eigenvalue weighted by Gasteiger charge is 2.30. The van der Waals surface area contributed by atoms with E-state index in [1.807, 2.05) is 19.1 Å². The molecule has 1 unspecified atom stereocenters. The van der Waals surface area contributed by atoms with E-state index in [9.17, 15) is 8.42 Å². The number of furan rings is 1. The molecule has 2 aromatic heterocycles. The van der Waals surface area contributed by atoms with Gasteiger partial charge in [-0.05, 0) is 25.5 Å². The van der Waals surface area contributed by atoms with Crippen molar-refractivity contribution in [1.82, 2.24) is 9.78 Å². The first-order chi connectivity index (χ1) is 8.94. The number of hydrogen-bond acceptors (Lipinski definition) is 5. The lowest BCUT2D eigenvalue weighted by Crippen LogP contribution is -2.11. The Balaban J connectivity index is 1.94. The van der Waals surface area contributed by atoms with Gasteiger partial charge in [-0.3, -0.25) is 4.68 Å². The van der Waals surface area contributed by atoms with Crippen molar-refractivity contribution >= 4 is 15.5 Å². The summed E-state index contributed by atoms with van der Waals surface area (Å²) in [6, 6.07) is 3.52. The standard InChI is InChI=1S/C12H15N3O3S/c1-8-2-3-11(18-8)12-10(13)6-15(14-12)9-4-5-19(16,17)7-9/h2-3,6,9H,4-5,7,13H2,1H3. The third-order valence-corrected chi connectivity index (χ3v) is 5.07. The first-order valence-corrected chi connectivity index (χ1v) is 7.88. The molecule has 19 heavy (non-hydrogen) atoms. The predicted octanol–water partition coefficient (Wildman–Crippen LogP) is 1.39. The van der Waals surface area contributed by atoms with E-state index in [0.717, 1.165) is 5.76 Å². The highest BCUT2D eigenvalue weighted by atomic mass is 32.2. The summed E-state index contributed by atoms with van der Waals surface area (Å²) in [7, 11) is -2.93. The van der Waals surface area contributed by atoms with Crippen LogP contribution in [0.2, 0.25) is 0 Å². The van der Waals surface area contributed by atoms with Crippen molar-refractivity contribution in [3.8, 4) is 11.5 Å². The van der Waals surface area contributed by atoms with Crippen LogP contribution in [0.25, 0.3) is 11.5 Å². The smallest absolute Gasteiger partial charge is 0.156 e. The van der Waals surface area contributed by atoms with E-state index in [1.165, 1.54) is 0 Å². The number of aromatic nitrogens is 2. The lowest BCUT2D eigenvalue weighted by Gasteiger charge is -2.06. The Bertz CT molecular complexity index is 714. The van der Waals surface area contributed by atoms with Gasteiger partial charge in [0.05, 0.1) is 23.2 Å². The average molecular weight is 281 g/mol. The van der Waals surface area contributed by atoms with Gasteiger partial charge in [0.1, 0.15) is 5.76 Å². The number of sulfone groups is 1. The van der Waals surface area contributed by atoms with Gasteiger partial charge in [-0.25, -0.2) is 8.42 Å². The minimum atomic E-state index is -2.93. The van der Waals surface area contributed by atoms with Crippen molar-refractivity contribution in [2.75, 3.05) is 17.2 Å². The molecule has 1 fully saturated rings. The molecule has 0 amide bonds. The second-order valence-electron chi connectivity index (χ2n) is 4.88. The van der Waals surface area contributed by atoms with Crippen molar-refractivity contribution in [1.29, 1.82) is 0 Å². The number of nitrogens with two attached hydrogens (primary N) is 1. The maximum Gasteiger partial charge on any atom is 0.156 e. The van der Waals surface area contributed by atoms with Gasteiger partial charge in [0.15, 0.2) is 21.3 Å². The second-order valence-corrected chi connectivity index (χ2v) is 7.11. The molecule has 1 atom stereocenters. The molecule has 0 spiro atoms. The fourth-order valence-corrected chi connectivity index (χ4v) is 4.03. The number of rotatable bonds is 2. The molecule has 0 aliphatic carbocycles. The van der Waals surface area contributed by atoms with E-state index in [2.05, 4.69) is 5.10 Å². The minimum Gasteiger partial charge on any atom is -0.460 e. The van der Waals surface area contributed by atoms with Crippen LogP contribution in [0.5, 0.6) is 0 Å². The van der Waals surface area contributed by atoms with E-state index in [1.54, 1.807) is 10.9 Å². The van der Waals surface area contributed by atoms with Crippen molar-refractivity contribution in [2.24, 2.45) is 0 Å². The van der Waals surface area contributed by atoms with Gasteiger partial charge in [0.25, 0.3) is 0 Å². The fraction of sp³-hybridized carbons (Fsp3) is 0.417. The second kappa shape index (κ2) is 4.12. The van der Waals surface area contributed by atoms with Gasteiger partial charge in [-0.1, -0.05) is 0 Å². The maximum absolute atomic E-state index is 11.5. The quantitative estimate of drug-likeness (QED) is 0.898. The topological polar surface area (TPSA) is 91.1 Å². The first-order valence-electron chi connectivity index (χ1n) is 6.06. The fourth-order valence-electron chi connectivity index (χ4n) is 2.33. The summed E-state index contributed by atoms with van der Waals surface area (Å²) in [6.45, 7) is 1.85. The molecule has 7 heteroatoms. The Kier molecular flexibility index (Phi) is 2.67. The van der Waals surface area contributed by atoms with Crippen molar-refractivity contribution in [3.05, 3.63) is 24.1 Å². The largest absolute Gasteiger partial charge is 0.460 e. The Morgan fingerprint density at radius 2 is 2.26 bits per heavy atom. The Morgan fingerprint density at radius 1 is 1.47 bits per heavy atom. The van der Waals surface area contributed by atoms with E-state index in [4.69, 9.17) is 10.2 Å². The first kappa shape index (κ1) is 12.3. The molecule has 2 N–H and O–H groups in total. The van der Waals surface area contributed by atoms with Crippen LogP contribution in [0.3, 0.4) is 0 Å². The minimum absolute atomic E-state index is 0.128.